The molecule has 7 heteroatoms. The van der Waals surface area contributed by atoms with Gasteiger partial charge < -0.3 is 21.1 Å². The smallest absolute Gasteiger partial charge is 0.263 e. The molecule has 0 aromatic carbocycles. The topological polar surface area (TPSA) is 100 Å². The van der Waals surface area contributed by atoms with Crippen molar-refractivity contribution in [1.82, 2.24) is 5.32 Å². The van der Waals surface area contributed by atoms with Crippen molar-refractivity contribution in [1.29, 1.82) is 5.26 Å². The number of hydrogen-bond acceptors (Lipinski definition) is 6. The third kappa shape index (κ3) is 2.71. The first-order valence-electron chi connectivity index (χ1n) is 6.48. The van der Waals surface area contributed by atoms with E-state index in [1.807, 2.05) is 6.92 Å². The summed E-state index contributed by atoms with van der Waals surface area (Å²) in [6, 6.07) is 2.06. The fourth-order valence-electron chi connectivity index (χ4n) is 2.23. The molecule has 1 saturated heterocycles. The highest BCUT2D eigenvalue weighted by Gasteiger charge is 2.25. The first-order valence-corrected chi connectivity index (χ1v) is 7.30. The molecule has 0 saturated carbocycles. The van der Waals surface area contributed by atoms with E-state index in [-0.39, 0.29) is 17.7 Å². The Morgan fingerprint density at radius 3 is 2.95 bits per heavy atom. The lowest BCUT2D eigenvalue weighted by atomic mass is 10.0. The van der Waals surface area contributed by atoms with Gasteiger partial charge in [-0.2, -0.15) is 5.26 Å². The van der Waals surface area contributed by atoms with E-state index < -0.39 is 0 Å². The zero-order valence-corrected chi connectivity index (χ0v) is 12.3. The molecule has 2 unspecified atom stereocenters. The van der Waals surface area contributed by atoms with Gasteiger partial charge in [0.2, 0.25) is 0 Å². The molecule has 2 rings (SSSR count). The van der Waals surface area contributed by atoms with E-state index >= 15 is 0 Å². The van der Waals surface area contributed by atoms with E-state index in [0.717, 1.165) is 13.0 Å². The molecule has 0 aliphatic carbocycles. The summed E-state index contributed by atoms with van der Waals surface area (Å²) in [5.74, 6) is 0.142. The summed E-state index contributed by atoms with van der Waals surface area (Å²) < 4.78 is 5.50. The second-order valence-electron chi connectivity index (χ2n) is 4.75. The highest BCUT2D eigenvalue weighted by Crippen LogP contribution is 2.35. The van der Waals surface area contributed by atoms with Crippen LogP contribution in [0.1, 0.15) is 28.6 Å². The molecular weight excluding hydrogens is 276 g/mol. The van der Waals surface area contributed by atoms with Gasteiger partial charge in [0, 0.05) is 26.1 Å². The average molecular weight is 294 g/mol. The van der Waals surface area contributed by atoms with Crippen LogP contribution >= 0.6 is 11.3 Å². The van der Waals surface area contributed by atoms with E-state index in [9.17, 15) is 10.1 Å². The van der Waals surface area contributed by atoms with Crippen LogP contribution in [0.3, 0.4) is 0 Å². The van der Waals surface area contributed by atoms with Gasteiger partial charge in [-0.1, -0.05) is 0 Å². The largest absolute Gasteiger partial charge is 0.396 e. The normalized spacial score (nSPS) is 21.4. The minimum absolute atomic E-state index is 0.212. The van der Waals surface area contributed by atoms with Crippen molar-refractivity contribution < 1.29 is 9.53 Å². The zero-order chi connectivity index (χ0) is 14.7. The number of amides is 1. The number of hydrogen-bond donors (Lipinski definition) is 3. The van der Waals surface area contributed by atoms with Crippen molar-refractivity contribution >= 4 is 27.9 Å². The fraction of sp³-hybridized carbons (Fsp3) is 0.538. The summed E-state index contributed by atoms with van der Waals surface area (Å²) in [6.07, 6.45) is 1.21. The Balaban J connectivity index is 2.15. The second-order valence-corrected chi connectivity index (χ2v) is 5.77. The van der Waals surface area contributed by atoms with Crippen LogP contribution in [0.15, 0.2) is 0 Å². The zero-order valence-electron chi connectivity index (χ0n) is 11.5. The van der Waals surface area contributed by atoms with Crippen LogP contribution in [0.2, 0.25) is 0 Å². The van der Waals surface area contributed by atoms with Crippen molar-refractivity contribution in [3.63, 3.8) is 0 Å². The summed E-state index contributed by atoms with van der Waals surface area (Å²) in [5.41, 5.74) is 6.46. The van der Waals surface area contributed by atoms with Gasteiger partial charge in [-0.15, -0.1) is 11.3 Å². The van der Waals surface area contributed by atoms with Gasteiger partial charge in [0.05, 0.1) is 11.8 Å². The second kappa shape index (κ2) is 6.11. The van der Waals surface area contributed by atoms with Crippen molar-refractivity contribution in [3.05, 3.63) is 10.4 Å². The highest BCUT2D eigenvalue weighted by atomic mass is 32.1. The summed E-state index contributed by atoms with van der Waals surface area (Å²) >= 11 is 1.22. The Labute approximate surface area is 121 Å². The predicted octanol–water partition coefficient (Wildman–Crippen LogP) is 1.40. The van der Waals surface area contributed by atoms with Gasteiger partial charge in [0.25, 0.3) is 5.91 Å². The first-order chi connectivity index (χ1) is 9.58. The maximum absolute atomic E-state index is 11.7. The van der Waals surface area contributed by atoms with Crippen LogP contribution in [-0.4, -0.2) is 32.2 Å². The number of carbonyl (C=O) groups excluding carboxylic acids is 1. The minimum Gasteiger partial charge on any atom is -0.396 e. The maximum Gasteiger partial charge on any atom is 0.263 e. The van der Waals surface area contributed by atoms with E-state index in [1.165, 1.54) is 18.4 Å². The number of carbonyl (C=O) groups is 1. The first kappa shape index (κ1) is 14.6. The van der Waals surface area contributed by atoms with Gasteiger partial charge in [0.15, 0.2) is 0 Å². The molecule has 0 radical (unpaired) electrons. The van der Waals surface area contributed by atoms with Gasteiger partial charge in [-0.25, -0.2) is 0 Å². The summed E-state index contributed by atoms with van der Waals surface area (Å²) in [4.78, 5) is 12.1. The Kier molecular flexibility index (Phi) is 4.47. The molecule has 1 fully saturated rings. The van der Waals surface area contributed by atoms with Gasteiger partial charge in [-0.3, -0.25) is 4.79 Å². The third-order valence-electron chi connectivity index (χ3n) is 3.55. The lowest BCUT2D eigenvalue weighted by Crippen LogP contribution is -2.20. The number of nitrogens with one attached hydrogen (secondary N) is 2. The molecule has 1 aromatic rings. The SMILES string of the molecule is CNC(=O)c1sc(NCC2CCOC2C)c(C#N)c1N. The van der Waals surface area contributed by atoms with Crippen LogP contribution in [0, 0.1) is 17.2 Å². The number of nitrogen functional groups attached to an aromatic ring is 1. The van der Waals surface area contributed by atoms with Crippen molar-refractivity contribution in [2.75, 3.05) is 31.2 Å². The van der Waals surface area contributed by atoms with Crippen LogP contribution < -0.4 is 16.4 Å². The van der Waals surface area contributed by atoms with Crippen LogP contribution in [0.5, 0.6) is 0 Å². The standard InChI is InChI=1S/C13H18N4O2S/c1-7-8(3-4-19-7)6-17-13-9(5-14)10(15)11(20-13)12(18)16-2/h7-8,17H,3-4,6,15H2,1-2H3,(H,16,18). The molecule has 1 aromatic heterocycles. The molecule has 0 spiro atoms. The van der Waals surface area contributed by atoms with Crippen LogP contribution in [0.4, 0.5) is 10.7 Å². The van der Waals surface area contributed by atoms with E-state index in [1.54, 1.807) is 0 Å². The number of nitrogens with zero attached hydrogens (tertiary/aromatic N) is 1. The van der Waals surface area contributed by atoms with Crippen molar-refractivity contribution in [2.24, 2.45) is 5.92 Å². The van der Waals surface area contributed by atoms with Gasteiger partial charge >= 0.3 is 0 Å². The van der Waals surface area contributed by atoms with E-state index in [0.29, 0.717) is 27.9 Å². The fourth-order valence-corrected chi connectivity index (χ4v) is 3.25. The highest BCUT2D eigenvalue weighted by molar-refractivity contribution is 7.18. The quantitative estimate of drug-likeness (QED) is 0.779. The van der Waals surface area contributed by atoms with Crippen LogP contribution in [-0.2, 0) is 4.74 Å². The summed E-state index contributed by atoms with van der Waals surface area (Å²) in [6.45, 7) is 3.53. The van der Waals surface area contributed by atoms with Crippen molar-refractivity contribution in [3.8, 4) is 6.07 Å². The lowest BCUT2D eigenvalue weighted by molar-refractivity contribution is 0.0968. The summed E-state index contributed by atoms with van der Waals surface area (Å²) in [7, 11) is 1.54. The predicted molar refractivity (Wildman–Crippen MR) is 78.8 cm³/mol. The molecule has 2 atom stereocenters. The number of anilines is 2. The van der Waals surface area contributed by atoms with Gasteiger partial charge in [-0.05, 0) is 13.3 Å². The molecule has 1 aliphatic heterocycles. The summed E-state index contributed by atoms with van der Waals surface area (Å²) in [5, 5.41) is 15.6. The molecule has 4 N–H and O–H groups in total. The number of ether oxygens (including phenoxy) is 1. The molecular formula is C13H18N4O2S. The minimum atomic E-state index is -0.269. The molecule has 2 heterocycles. The number of nitriles is 1. The average Bonchev–Trinajstić information content (AvgIpc) is 2.99. The van der Waals surface area contributed by atoms with E-state index in [4.69, 9.17) is 10.5 Å². The monoisotopic (exact) mass is 294 g/mol. The third-order valence-corrected chi connectivity index (χ3v) is 4.71. The molecule has 20 heavy (non-hydrogen) atoms. The molecule has 6 nitrogen and oxygen atoms in total. The maximum atomic E-state index is 11.7. The molecule has 1 aliphatic rings. The molecule has 0 bridgehead atoms. The van der Waals surface area contributed by atoms with Crippen molar-refractivity contribution in [2.45, 2.75) is 19.4 Å². The lowest BCUT2D eigenvalue weighted by Gasteiger charge is -2.14. The Hall–Kier alpha value is -1.78. The Morgan fingerprint density at radius 1 is 1.65 bits per heavy atom. The number of thiophene rings is 1. The Bertz CT molecular complexity index is 549. The molecule has 108 valence electrons. The van der Waals surface area contributed by atoms with Gasteiger partial charge in [0.1, 0.15) is 21.5 Å². The van der Waals surface area contributed by atoms with Crippen LogP contribution in [0.25, 0.3) is 0 Å². The molecule has 1 amide bonds. The Morgan fingerprint density at radius 2 is 2.40 bits per heavy atom. The van der Waals surface area contributed by atoms with E-state index in [2.05, 4.69) is 16.7 Å². The number of rotatable bonds is 4. The number of nitrogens with two attached hydrogens (primary N) is 1.